The minimum atomic E-state index is -0.494. The van der Waals surface area contributed by atoms with Crippen LogP contribution in [0.4, 0.5) is 10.5 Å². The van der Waals surface area contributed by atoms with Crippen molar-refractivity contribution < 1.29 is 14.3 Å². The number of nitrogens with zero attached hydrogens (tertiary/aromatic N) is 2. The van der Waals surface area contributed by atoms with Crippen LogP contribution in [-0.2, 0) is 16.0 Å². The number of alkyl carbamates (subject to hydrolysis) is 1. The lowest BCUT2D eigenvalue weighted by Crippen LogP contribution is -2.42. The summed E-state index contributed by atoms with van der Waals surface area (Å²) in [5.41, 5.74) is 1.90. The number of hydrogen-bond donors (Lipinski definition) is 3. The summed E-state index contributed by atoms with van der Waals surface area (Å²) in [4.78, 5) is 18.1. The van der Waals surface area contributed by atoms with E-state index in [0.29, 0.717) is 25.6 Å². The molecule has 28 heavy (non-hydrogen) atoms. The predicted octanol–water partition coefficient (Wildman–Crippen LogP) is 1.71. The van der Waals surface area contributed by atoms with Gasteiger partial charge in [0.1, 0.15) is 5.60 Å². The summed E-state index contributed by atoms with van der Waals surface area (Å²) in [5.74, 6) is 0.684. The highest BCUT2D eigenvalue weighted by Gasteiger charge is 2.15. The lowest BCUT2D eigenvalue weighted by molar-refractivity contribution is 0.0529. The zero-order valence-corrected chi connectivity index (χ0v) is 17.4. The Hall–Kier alpha value is -2.48. The number of hydrogen-bond acceptors (Lipinski definition) is 5. The number of aliphatic imine (C=N–C) groups is 1. The second-order valence-electron chi connectivity index (χ2n) is 7.55. The highest BCUT2D eigenvalue weighted by atomic mass is 16.6. The van der Waals surface area contributed by atoms with E-state index < -0.39 is 11.7 Å². The average molecular weight is 392 g/mol. The number of amides is 1. The molecule has 8 heteroatoms. The monoisotopic (exact) mass is 391 g/mol. The third-order valence-corrected chi connectivity index (χ3v) is 4.08. The molecule has 2 rings (SSSR count). The highest BCUT2D eigenvalue weighted by Crippen LogP contribution is 2.16. The molecule has 0 aromatic heterocycles. The Bertz CT molecular complexity index is 634. The summed E-state index contributed by atoms with van der Waals surface area (Å²) in [6, 6.07) is 8.52. The normalized spacial score (nSPS) is 15.1. The molecule has 156 valence electrons. The number of ether oxygens (including phenoxy) is 2. The third kappa shape index (κ3) is 8.04. The SMILES string of the molecule is CN=C(NCCNC(=O)OC(C)(C)C)NCc1ccc(N2CCOCC2)cc1. The molecule has 0 atom stereocenters. The van der Waals surface area contributed by atoms with E-state index in [9.17, 15) is 4.79 Å². The van der Waals surface area contributed by atoms with Crippen LogP contribution in [0.3, 0.4) is 0 Å². The van der Waals surface area contributed by atoms with E-state index in [0.717, 1.165) is 26.3 Å². The molecule has 0 saturated carbocycles. The smallest absolute Gasteiger partial charge is 0.407 e. The van der Waals surface area contributed by atoms with E-state index >= 15 is 0 Å². The molecule has 0 unspecified atom stereocenters. The maximum absolute atomic E-state index is 11.6. The molecule has 1 saturated heterocycles. The maximum Gasteiger partial charge on any atom is 0.407 e. The number of guanidine groups is 1. The van der Waals surface area contributed by atoms with Crippen molar-refractivity contribution in [2.24, 2.45) is 4.99 Å². The molecule has 0 spiro atoms. The fraction of sp³-hybridized carbons (Fsp3) is 0.600. The Balaban J connectivity index is 1.68. The number of benzene rings is 1. The average Bonchev–Trinajstić information content (AvgIpc) is 2.67. The lowest BCUT2D eigenvalue weighted by Gasteiger charge is -2.28. The van der Waals surface area contributed by atoms with E-state index in [1.54, 1.807) is 7.05 Å². The largest absolute Gasteiger partial charge is 0.444 e. The zero-order chi connectivity index (χ0) is 20.4. The minimum Gasteiger partial charge on any atom is -0.444 e. The summed E-state index contributed by atoms with van der Waals surface area (Å²) in [5, 5.41) is 9.15. The number of anilines is 1. The van der Waals surface area contributed by atoms with E-state index in [1.165, 1.54) is 11.3 Å². The fourth-order valence-corrected chi connectivity index (χ4v) is 2.71. The van der Waals surface area contributed by atoms with E-state index in [1.807, 2.05) is 20.8 Å². The summed E-state index contributed by atoms with van der Waals surface area (Å²) in [6.07, 6.45) is -0.419. The van der Waals surface area contributed by atoms with Gasteiger partial charge < -0.3 is 30.3 Å². The summed E-state index contributed by atoms with van der Waals surface area (Å²) in [6.45, 7) is 10.6. The maximum atomic E-state index is 11.6. The molecule has 0 aliphatic carbocycles. The van der Waals surface area contributed by atoms with Gasteiger partial charge in [0.15, 0.2) is 5.96 Å². The Kier molecular flexibility index (Phi) is 8.38. The molecular formula is C20H33N5O3. The first-order valence-electron chi connectivity index (χ1n) is 9.70. The molecule has 1 aliphatic heterocycles. The lowest BCUT2D eigenvalue weighted by atomic mass is 10.2. The molecule has 1 aliphatic rings. The van der Waals surface area contributed by atoms with Gasteiger partial charge in [-0.25, -0.2) is 4.79 Å². The Morgan fingerprint density at radius 2 is 1.75 bits per heavy atom. The number of nitrogens with one attached hydrogen (secondary N) is 3. The molecule has 0 radical (unpaired) electrons. The van der Waals surface area contributed by atoms with Crippen LogP contribution in [-0.4, -0.2) is 64.1 Å². The van der Waals surface area contributed by atoms with Crippen molar-refractivity contribution in [3.8, 4) is 0 Å². The number of carbonyl (C=O) groups is 1. The van der Waals surface area contributed by atoms with Crippen LogP contribution in [0.1, 0.15) is 26.3 Å². The highest BCUT2D eigenvalue weighted by molar-refractivity contribution is 5.79. The molecular weight excluding hydrogens is 358 g/mol. The van der Waals surface area contributed by atoms with Crippen molar-refractivity contribution in [2.75, 3.05) is 51.3 Å². The van der Waals surface area contributed by atoms with Gasteiger partial charge in [0.25, 0.3) is 0 Å². The molecule has 1 aromatic carbocycles. The summed E-state index contributed by atoms with van der Waals surface area (Å²) in [7, 11) is 1.72. The first-order valence-corrected chi connectivity index (χ1v) is 9.70. The van der Waals surface area contributed by atoms with Crippen molar-refractivity contribution in [3.63, 3.8) is 0 Å². The second-order valence-corrected chi connectivity index (χ2v) is 7.55. The van der Waals surface area contributed by atoms with Gasteiger partial charge in [-0.2, -0.15) is 0 Å². The van der Waals surface area contributed by atoms with Crippen LogP contribution >= 0.6 is 0 Å². The van der Waals surface area contributed by atoms with Crippen molar-refractivity contribution in [1.29, 1.82) is 0 Å². The Labute approximate surface area is 167 Å². The van der Waals surface area contributed by atoms with Gasteiger partial charge in [0, 0.05) is 45.5 Å². The van der Waals surface area contributed by atoms with Gasteiger partial charge in [0.2, 0.25) is 0 Å². The van der Waals surface area contributed by atoms with Crippen LogP contribution in [0.15, 0.2) is 29.3 Å². The number of carbonyl (C=O) groups excluding carboxylic acids is 1. The van der Waals surface area contributed by atoms with Crippen LogP contribution in [0, 0.1) is 0 Å². The van der Waals surface area contributed by atoms with Gasteiger partial charge in [-0.1, -0.05) is 12.1 Å². The Morgan fingerprint density at radius 3 is 2.36 bits per heavy atom. The van der Waals surface area contributed by atoms with Crippen molar-refractivity contribution in [2.45, 2.75) is 32.9 Å². The minimum absolute atomic E-state index is 0.419. The first kappa shape index (κ1) is 21.8. The molecule has 8 nitrogen and oxygen atoms in total. The molecule has 1 aromatic rings. The molecule has 1 heterocycles. The second kappa shape index (κ2) is 10.8. The third-order valence-electron chi connectivity index (χ3n) is 4.08. The Morgan fingerprint density at radius 1 is 1.11 bits per heavy atom. The summed E-state index contributed by atoms with van der Waals surface area (Å²) < 4.78 is 10.6. The van der Waals surface area contributed by atoms with Gasteiger partial charge in [-0.3, -0.25) is 4.99 Å². The van der Waals surface area contributed by atoms with Gasteiger partial charge >= 0.3 is 6.09 Å². The van der Waals surface area contributed by atoms with Crippen LogP contribution < -0.4 is 20.9 Å². The zero-order valence-electron chi connectivity index (χ0n) is 17.4. The fourth-order valence-electron chi connectivity index (χ4n) is 2.71. The molecule has 0 bridgehead atoms. The van der Waals surface area contributed by atoms with Crippen molar-refractivity contribution in [3.05, 3.63) is 29.8 Å². The van der Waals surface area contributed by atoms with E-state index in [4.69, 9.17) is 9.47 Å². The molecule has 1 amide bonds. The van der Waals surface area contributed by atoms with E-state index in [-0.39, 0.29) is 0 Å². The molecule has 1 fully saturated rings. The summed E-state index contributed by atoms with van der Waals surface area (Å²) >= 11 is 0. The number of rotatable bonds is 6. The van der Waals surface area contributed by atoms with Crippen LogP contribution in [0.5, 0.6) is 0 Å². The number of morpholine rings is 1. The van der Waals surface area contributed by atoms with E-state index in [2.05, 4.69) is 50.1 Å². The standard InChI is InChI=1S/C20H33N5O3/c1-20(2,3)28-19(26)23-10-9-22-18(21-4)24-15-16-5-7-17(8-6-16)25-11-13-27-14-12-25/h5-8H,9-15H2,1-4H3,(H,23,26)(H2,21,22,24). The van der Waals surface area contributed by atoms with Gasteiger partial charge in [-0.05, 0) is 38.5 Å². The van der Waals surface area contributed by atoms with Crippen LogP contribution in [0.2, 0.25) is 0 Å². The van der Waals surface area contributed by atoms with Crippen molar-refractivity contribution >= 4 is 17.7 Å². The van der Waals surface area contributed by atoms with Gasteiger partial charge in [0.05, 0.1) is 13.2 Å². The van der Waals surface area contributed by atoms with Crippen LogP contribution in [0.25, 0.3) is 0 Å². The van der Waals surface area contributed by atoms with Crippen molar-refractivity contribution in [1.82, 2.24) is 16.0 Å². The topological polar surface area (TPSA) is 87.2 Å². The van der Waals surface area contributed by atoms with Gasteiger partial charge in [-0.15, -0.1) is 0 Å². The molecule has 3 N–H and O–H groups in total. The first-order chi connectivity index (χ1) is 13.4. The quantitative estimate of drug-likeness (QED) is 0.389. The predicted molar refractivity (Wildman–Crippen MR) is 112 cm³/mol.